The van der Waals surface area contributed by atoms with Gasteiger partial charge in [0.05, 0.1) is 5.75 Å². The van der Waals surface area contributed by atoms with Gasteiger partial charge in [-0.3, -0.25) is 9.59 Å². The molecule has 0 saturated heterocycles. The molecule has 0 radical (unpaired) electrons. The monoisotopic (exact) mass is 395 g/mol. The average molecular weight is 396 g/mol. The van der Waals surface area contributed by atoms with E-state index in [0.717, 1.165) is 12.8 Å². The number of carbonyl (C=O) groups is 2. The number of nitrogens with one attached hydrogen (secondary N) is 2. The fourth-order valence-corrected chi connectivity index (χ4v) is 4.82. The molecule has 1 atom stereocenters. The zero-order valence-electron chi connectivity index (χ0n) is 16.6. The minimum absolute atomic E-state index is 0.00684. The van der Waals surface area contributed by atoms with Gasteiger partial charge < -0.3 is 10.6 Å². The quantitative estimate of drug-likeness (QED) is 0.699. The summed E-state index contributed by atoms with van der Waals surface area (Å²) in [5.41, 5.74) is 0.704. The lowest BCUT2D eigenvalue weighted by atomic mass is 10.0. The molecule has 8 heteroatoms. The zero-order chi connectivity index (χ0) is 20.4. The van der Waals surface area contributed by atoms with Crippen LogP contribution in [-0.4, -0.2) is 44.1 Å². The molecule has 2 amide bonds. The van der Waals surface area contributed by atoms with Crippen molar-refractivity contribution < 1.29 is 18.0 Å². The maximum absolute atomic E-state index is 12.8. The molecule has 27 heavy (non-hydrogen) atoms. The summed E-state index contributed by atoms with van der Waals surface area (Å²) in [4.78, 5) is 28.8. The van der Waals surface area contributed by atoms with E-state index in [4.69, 9.17) is 0 Å². The Kier molecular flexibility index (Phi) is 6.62. The summed E-state index contributed by atoms with van der Waals surface area (Å²) in [5.74, 6) is -0.844. The number of hydrogen-bond acceptors (Lipinski definition) is 5. The Morgan fingerprint density at radius 2 is 1.81 bits per heavy atom. The van der Waals surface area contributed by atoms with Crippen molar-refractivity contribution in [3.8, 4) is 0 Å². The molecule has 1 aromatic heterocycles. The van der Waals surface area contributed by atoms with Crippen molar-refractivity contribution in [3.05, 3.63) is 23.4 Å². The van der Waals surface area contributed by atoms with E-state index in [1.165, 1.54) is 7.05 Å². The summed E-state index contributed by atoms with van der Waals surface area (Å²) < 4.78 is 25.6. The van der Waals surface area contributed by atoms with Crippen LogP contribution in [0.1, 0.15) is 62.5 Å². The molecule has 7 nitrogen and oxygen atoms in total. The van der Waals surface area contributed by atoms with Crippen molar-refractivity contribution in [2.45, 2.75) is 57.5 Å². The summed E-state index contributed by atoms with van der Waals surface area (Å²) in [7, 11) is -2.08. The number of sulfone groups is 1. The molecule has 2 rings (SSSR count). The Labute approximate surface area is 161 Å². The van der Waals surface area contributed by atoms with Crippen molar-refractivity contribution in [2.75, 3.05) is 12.8 Å². The highest BCUT2D eigenvalue weighted by Crippen LogP contribution is 2.42. The van der Waals surface area contributed by atoms with Gasteiger partial charge in [-0.05, 0) is 42.2 Å². The van der Waals surface area contributed by atoms with Crippen molar-refractivity contribution in [1.82, 2.24) is 15.6 Å². The highest BCUT2D eigenvalue weighted by atomic mass is 32.2. The van der Waals surface area contributed by atoms with E-state index < -0.39 is 21.8 Å². The number of hydrogen-bond donors (Lipinski definition) is 2. The topological polar surface area (TPSA) is 105 Å². The predicted molar refractivity (Wildman–Crippen MR) is 103 cm³/mol. The van der Waals surface area contributed by atoms with E-state index in [2.05, 4.69) is 15.6 Å². The number of amides is 2. The third-order valence-corrected chi connectivity index (χ3v) is 6.49. The largest absolute Gasteiger partial charge is 0.357 e. The molecule has 150 valence electrons. The van der Waals surface area contributed by atoms with Crippen LogP contribution in [0.25, 0.3) is 0 Å². The number of pyridine rings is 1. The normalized spacial score (nSPS) is 15.7. The Hall–Kier alpha value is -1.96. The van der Waals surface area contributed by atoms with Gasteiger partial charge >= 0.3 is 0 Å². The first-order chi connectivity index (χ1) is 12.6. The highest BCUT2D eigenvalue weighted by molar-refractivity contribution is 7.91. The molecule has 1 heterocycles. The minimum atomic E-state index is -3.59. The Morgan fingerprint density at radius 3 is 2.30 bits per heavy atom. The third-order valence-electron chi connectivity index (χ3n) is 4.47. The molecule has 1 saturated carbocycles. The van der Waals surface area contributed by atoms with E-state index >= 15 is 0 Å². The van der Waals surface area contributed by atoms with Crippen molar-refractivity contribution >= 4 is 21.7 Å². The lowest BCUT2D eigenvalue weighted by molar-refractivity contribution is -0.123. The molecule has 1 aliphatic rings. The van der Waals surface area contributed by atoms with Gasteiger partial charge in [-0.25, -0.2) is 13.4 Å². The fourth-order valence-electron chi connectivity index (χ4n) is 2.96. The Bertz CT molecular complexity index is 814. The maximum atomic E-state index is 12.8. The SMILES string of the molecule is CNC(=O)[C@@H](NC(=O)c1ccc(C2CC2)c(S(=O)(=O)CC(C)C)n1)C(C)C. The average Bonchev–Trinajstić information content (AvgIpc) is 3.41. The summed E-state index contributed by atoms with van der Waals surface area (Å²) in [5, 5.41) is 5.19. The highest BCUT2D eigenvalue weighted by Gasteiger charge is 2.33. The van der Waals surface area contributed by atoms with Crippen LogP contribution in [0.15, 0.2) is 17.2 Å². The number of likely N-dealkylation sites (N-methyl/N-ethyl adjacent to an activating group) is 1. The molecular weight excluding hydrogens is 366 g/mol. The first-order valence-electron chi connectivity index (χ1n) is 9.33. The lowest BCUT2D eigenvalue weighted by Crippen LogP contribution is -2.49. The second kappa shape index (κ2) is 8.37. The van der Waals surface area contributed by atoms with Gasteiger partial charge in [0.25, 0.3) is 5.91 Å². The third kappa shape index (κ3) is 5.28. The fraction of sp³-hybridized carbons (Fsp3) is 0.632. The van der Waals surface area contributed by atoms with Crippen molar-refractivity contribution in [2.24, 2.45) is 11.8 Å². The van der Waals surface area contributed by atoms with Gasteiger partial charge in [0.1, 0.15) is 11.7 Å². The van der Waals surface area contributed by atoms with Gasteiger partial charge in [-0.15, -0.1) is 0 Å². The number of aromatic nitrogens is 1. The first kappa shape index (κ1) is 21.3. The Morgan fingerprint density at radius 1 is 1.19 bits per heavy atom. The molecule has 0 unspecified atom stereocenters. The number of carbonyl (C=O) groups excluding carboxylic acids is 2. The van der Waals surface area contributed by atoms with Gasteiger partial charge in [-0.1, -0.05) is 33.8 Å². The molecule has 0 aromatic carbocycles. The van der Waals surface area contributed by atoms with E-state index in [9.17, 15) is 18.0 Å². The number of rotatable bonds is 8. The van der Waals surface area contributed by atoms with Crippen LogP contribution in [0.3, 0.4) is 0 Å². The summed E-state index contributed by atoms with van der Waals surface area (Å²) in [6, 6.07) is 2.51. The van der Waals surface area contributed by atoms with Crippen molar-refractivity contribution in [1.29, 1.82) is 0 Å². The summed E-state index contributed by atoms with van der Waals surface area (Å²) in [6.45, 7) is 7.31. The van der Waals surface area contributed by atoms with Gasteiger partial charge in [0.2, 0.25) is 5.91 Å². The van der Waals surface area contributed by atoms with Gasteiger partial charge in [0, 0.05) is 7.05 Å². The maximum Gasteiger partial charge on any atom is 0.270 e. The number of nitrogens with zero attached hydrogens (tertiary/aromatic N) is 1. The van der Waals surface area contributed by atoms with E-state index in [1.807, 2.05) is 27.7 Å². The first-order valence-corrected chi connectivity index (χ1v) is 11.0. The van der Waals surface area contributed by atoms with E-state index in [0.29, 0.717) is 5.56 Å². The minimum Gasteiger partial charge on any atom is -0.357 e. The van der Waals surface area contributed by atoms with Crippen molar-refractivity contribution in [3.63, 3.8) is 0 Å². The second-order valence-electron chi connectivity index (χ2n) is 7.85. The molecule has 1 aliphatic carbocycles. The standard InChI is InChI=1S/C19H29N3O4S/c1-11(2)10-27(25,26)19-14(13-6-7-13)8-9-15(21-19)17(23)22-16(12(3)4)18(24)20-5/h8-9,11-13,16H,6-7,10H2,1-5H3,(H,20,24)(H,22,23)/t16-/m0/s1. The molecule has 1 aromatic rings. The predicted octanol–water partition coefficient (Wildman–Crippen LogP) is 1.89. The van der Waals surface area contributed by atoms with Crippen LogP contribution in [0.2, 0.25) is 0 Å². The molecule has 0 bridgehead atoms. The van der Waals surface area contributed by atoms with Gasteiger partial charge in [-0.2, -0.15) is 0 Å². The van der Waals surface area contributed by atoms with Crippen LogP contribution in [0, 0.1) is 11.8 Å². The van der Waals surface area contributed by atoms with Crippen LogP contribution < -0.4 is 10.6 Å². The van der Waals surface area contributed by atoms with Gasteiger partial charge in [0.15, 0.2) is 14.9 Å². The molecule has 0 spiro atoms. The Balaban J connectivity index is 2.36. The molecular formula is C19H29N3O4S. The second-order valence-corrected chi connectivity index (χ2v) is 9.80. The molecule has 1 fully saturated rings. The molecule has 2 N–H and O–H groups in total. The van der Waals surface area contributed by atoms with E-state index in [1.54, 1.807) is 12.1 Å². The summed E-state index contributed by atoms with van der Waals surface area (Å²) >= 11 is 0. The van der Waals surface area contributed by atoms with Crippen LogP contribution in [0.5, 0.6) is 0 Å². The molecule has 0 aliphatic heterocycles. The smallest absolute Gasteiger partial charge is 0.270 e. The van der Waals surface area contributed by atoms with Crippen LogP contribution >= 0.6 is 0 Å². The van der Waals surface area contributed by atoms with Crippen LogP contribution in [-0.2, 0) is 14.6 Å². The van der Waals surface area contributed by atoms with E-state index in [-0.39, 0.29) is 40.1 Å². The van der Waals surface area contributed by atoms with Crippen LogP contribution in [0.4, 0.5) is 0 Å². The lowest BCUT2D eigenvalue weighted by Gasteiger charge is -2.20. The zero-order valence-corrected chi connectivity index (χ0v) is 17.4. The summed E-state index contributed by atoms with van der Waals surface area (Å²) in [6.07, 6.45) is 1.87.